The molecule has 0 aliphatic rings. The summed E-state index contributed by atoms with van der Waals surface area (Å²) in [5, 5.41) is 0. The highest BCUT2D eigenvalue weighted by Gasteiger charge is 2.10. The molecular formula is C17H19BrO. The van der Waals surface area contributed by atoms with Gasteiger partial charge in [-0.1, -0.05) is 65.7 Å². The SMILES string of the molecule is CCCc1ccc(C(Br)c2cccc(OC)c2)cc1. The van der Waals surface area contributed by atoms with Crippen LogP contribution in [-0.2, 0) is 6.42 Å². The van der Waals surface area contributed by atoms with E-state index in [1.165, 1.54) is 23.1 Å². The van der Waals surface area contributed by atoms with Crippen LogP contribution in [0.4, 0.5) is 0 Å². The van der Waals surface area contributed by atoms with Crippen molar-refractivity contribution < 1.29 is 4.74 Å². The molecule has 0 heterocycles. The molecule has 0 radical (unpaired) electrons. The molecule has 1 nitrogen and oxygen atoms in total. The fourth-order valence-electron chi connectivity index (χ4n) is 2.13. The van der Waals surface area contributed by atoms with Crippen LogP contribution in [0.25, 0.3) is 0 Å². The van der Waals surface area contributed by atoms with Crippen molar-refractivity contribution in [1.29, 1.82) is 0 Å². The standard InChI is InChI=1S/C17H19BrO/c1-3-5-13-8-10-14(11-9-13)17(18)15-6-4-7-16(12-15)19-2/h4,6-12,17H,3,5H2,1-2H3. The van der Waals surface area contributed by atoms with Gasteiger partial charge in [-0.2, -0.15) is 0 Å². The number of rotatable bonds is 5. The van der Waals surface area contributed by atoms with E-state index in [-0.39, 0.29) is 4.83 Å². The number of benzene rings is 2. The minimum atomic E-state index is 0.207. The zero-order valence-corrected chi connectivity index (χ0v) is 13.0. The average Bonchev–Trinajstić information content (AvgIpc) is 2.48. The van der Waals surface area contributed by atoms with Crippen LogP contribution in [0, 0.1) is 0 Å². The van der Waals surface area contributed by atoms with Gasteiger partial charge in [0, 0.05) is 0 Å². The van der Waals surface area contributed by atoms with E-state index in [1.807, 2.05) is 12.1 Å². The van der Waals surface area contributed by atoms with Gasteiger partial charge >= 0.3 is 0 Å². The molecule has 0 fully saturated rings. The van der Waals surface area contributed by atoms with Gasteiger partial charge < -0.3 is 4.74 Å². The number of aryl methyl sites for hydroxylation is 1. The van der Waals surface area contributed by atoms with Crippen molar-refractivity contribution in [2.24, 2.45) is 0 Å². The van der Waals surface area contributed by atoms with Crippen LogP contribution < -0.4 is 4.74 Å². The predicted molar refractivity (Wildman–Crippen MR) is 84.2 cm³/mol. The highest BCUT2D eigenvalue weighted by Crippen LogP contribution is 2.32. The Kier molecular flexibility index (Phi) is 5.03. The predicted octanol–water partition coefficient (Wildman–Crippen LogP) is 5.13. The quantitative estimate of drug-likeness (QED) is 0.694. The molecule has 2 heteroatoms. The van der Waals surface area contributed by atoms with E-state index in [4.69, 9.17) is 4.74 Å². The smallest absolute Gasteiger partial charge is 0.119 e. The van der Waals surface area contributed by atoms with Crippen molar-refractivity contribution >= 4 is 15.9 Å². The largest absolute Gasteiger partial charge is 0.497 e. The summed E-state index contributed by atoms with van der Waals surface area (Å²) in [6.07, 6.45) is 2.33. The van der Waals surface area contributed by atoms with Crippen LogP contribution in [0.2, 0.25) is 0 Å². The molecule has 0 aromatic heterocycles. The Morgan fingerprint density at radius 3 is 2.42 bits per heavy atom. The first kappa shape index (κ1) is 14.1. The van der Waals surface area contributed by atoms with E-state index in [1.54, 1.807) is 7.11 Å². The normalized spacial score (nSPS) is 12.2. The molecule has 19 heavy (non-hydrogen) atoms. The lowest BCUT2D eigenvalue weighted by Crippen LogP contribution is -1.94. The minimum Gasteiger partial charge on any atom is -0.497 e. The van der Waals surface area contributed by atoms with E-state index in [0.29, 0.717) is 0 Å². The van der Waals surface area contributed by atoms with E-state index in [2.05, 4.69) is 59.3 Å². The molecule has 2 rings (SSSR count). The molecule has 2 aromatic carbocycles. The van der Waals surface area contributed by atoms with Crippen molar-refractivity contribution in [3.63, 3.8) is 0 Å². The van der Waals surface area contributed by atoms with Crippen LogP contribution in [0.3, 0.4) is 0 Å². The van der Waals surface area contributed by atoms with Gasteiger partial charge in [0.1, 0.15) is 5.75 Å². The topological polar surface area (TPSA) is 9.23 Å². The molecule has 0 bridgehead atoms. The lowest BCUT2D eigenvalue weighted by molar-refractivity contribution is 0.414. The summed E-state index contributed by atoms with van der Waals surface area (Å²) in [5.41, 5.74) is 3.88. The first-order chi connectivity index (χ1) is 9.24. The van der Waals surface area contributed by atoms with Crippen molar-refractivity contribution in [2.45, 2.75) is 24.6 Å². The first-order valence-corrected chi connectivity index (χ1v) is 7.53. The molecule has 0 aliphatic carbocycles. The van der Waals surface area contributed by atoms with E-state index in [9.17, 15) is 0 Å². The van der Waals surface area contributed by atoms with Crippen molar-refractivity contribution in [2.75, 3.05) is 7.11 Å². The van der Waals surface area contributed by atoms with Crippen LogP contribution in [0.1, 0.15) is 34.9 Å². The van der Waals surface area contributed by atoms with Gasteiger partial charge in [0.2, 0.25) is 0 Å². The lowest BCUT2D eigenvalue weighted by Gasteiger charge is -2.12. The Balaban J connectivity index is 2.20. The van der Waals surface area contributed by atoms with Gasteiger partial charge in [-0.05, 0) is 35.2 Å². The summed E-state index contributed by atoms with van der Waals surface area (Å²) in [6, 6.07) is 17.0. The maximum Gasteiger partial charge on any atom is 0.119 e. The average molecular weight is 319 g/mol. The third-order valence-corrected chi connectivity index (χ3v) is 4.25. The van der Waals surface area contributed by atoms with Crippen LogP contribution in [0.5, 0.6) is 5.75 Å². The van der Waals surface area contributed by atoms with Gasteiger partial charge in [-0.25, -0.2) is 0 Å². The third-order valence-electron chi connectivity index (χ3n) is 3.20. The number of alkyl halides is 1. The van der Waals surface area contributed by atoms with Crippen LogP contribution in [0.15, 0.2) is 48.5 Å². The molecule has 0 saturated carbocycles. The lowest BCUT2D eigenvalue weighted by atomic mass is 10.0. The van der Waals surface area contributed by atoms with Crippen molar-refractivity contribution in [3.05, 3.63) is 65.2 Å². The molecular weight excluding hydrogens is 300 g/mol. The molecule has 0 aliphatic heterocycles. The number of halogens is 1. The van der Waals surface area contributed by atoms with Crippen molar-refractivity contribution in [1.82, 2.24) is 0 Å². The fraction of sp³-hybridized carbons (Fsp3) is 0.294. The van der Waals surface area contributed by atoms with E-state index in [0.717, 1.165) is 12.2 Å². The molecule has 1 unspecified atom stereocenters. The van der Waals surface area contributed by atoms with Gasteiger partial charge in [-0.15, -0.1) is 0 Å². The second-order valence-corrected chi connectivity index (χ2v) is 5.55. The molecule has 0 N–H and O–H groups in total. The number of hydrogen-bond donors (Lipinski definition) is 0. The Bertz CT molecular complexity index is 519. The maximum atomic E-state index is 5.27. The number of hydrogen-bond acceptors (Lipinski definition) is 1. The second-order valence-electron chi connectivity index (χ2n) is 4.63. The number of ether oxygens (including phenoxy) is 1. The Labute approximate surface area is 123 Å². The van der Waals surface area contributed by atoms with Gasteiger partial charge in [0.25, 0.3) is 0 Å². The molecule has 100 valence electrons. The van der Waals surface area contributed by atoms with E-state index >= 15 is 0 Å². The summed E-state index contributed by atoms with van der Waals surface area (Å²) in [6.45, 7) is 2.21. The molecule has 0 amide bonds. The Hall–Kier alpha value is -1.28. The van der Waals surface area contributed by atoms with Crippen molar-refractivity contribution in [3.8, 4) is 5.75 Å². The summed E-state index contributed by atoms with van der Waals surface area (Å²) in [4.78, 5) is 0.207. The van der Waals surface area contributed by atoms with E-state index < -0.39 is 0 Å². The monoisotopic (exact) mass is 318 g/mol. The molecule has 1 atom stereocenters. The first-order valence-electron chi connectivity index (χ1n) is 6.61. The van der Waals surface area contributed by atoms with Gasteiger partial charge in [0.15, 0.2) is 0 Å². The summed E-state index contributed by atoms with van der Waals surface area (Å²) < 4.78 is 5.27. The maximum absolute atomic E-state index is 5.27. The fourth-order valence-corrected chi connectivity index (χ4v) is 2.72. The highest BCUT2D eigenvalue weighted by atomic mass is 79.9. The Morgan fingerprint density at radius 2 is 1.79 bits per heavy atom. The molecule has 2 aromatic rings. The third kappa shape index (κ3) is 3.60. The highest BCUT2D eigenvalue weighted by molar-refractivity contribution is 9.09. The minimum absolute atomic E-state index is 0.207. The van der Waals surface area contributed by atoms with Gasteiger partial charge in [0.05, 0.1) is 11.9 Å². The molecule has 0 saturated heterocycles. The summed E-state index contributed by atoms with van der Waals surface area (Å²) in [7, 11) is 1.70. The van der Waals surface area contributed by atoms with Crippen LogP contribution >= 0.6 is 15.9 Å². The number of methoxy groups -OCH3 is 1. The zero-order valence-electron chi connectivity index (χ0n) is 11.4. The molecule has 0 spiro atoms. The summed E-state index contributed by atoms with van der Waals surface area (Å²) in [5.74, 6) is 0.893. The van der Waals surface area contributed by atoms with Crippen LogP contribution in [-0.4, -0.2) is 7.11 Å². The second kappa shape index (κ2) is 6.76. The van der Waals surface area contributed by atoms with Gasteiger partial charge in [-0.3, -0.25) is 0 Å². The summed E-state index contributed by atoms with van der Waals surface area (Å²) >= 11 is 3.77. The zero-order chi connectivity index (χ0) is 13.7. The Morgan fingerprint density at radius 1 is 1.05 bits per heavy atom.